The Kier molecular flexibility index (Phi) is 5.96. The average molecular weight is 334 g/mol. The molecule has 1 aromatic rings. The van der Waals surface area contributed by atoms with E-state index in [2.05, 4.69) is 26.6 Å². The van der Waals surface area contributed by atoms with Gasteiger partial charge in [0.1, 0.15) is 6.04 Å². The summed E-state index contributed by atoms with van der Waals surface area (Å²) in [7, 11) is 0. The monoisotopic (exact) mass is 332 g/mol. The molecular formula is C13H18BrClN2O. The highest BCUT2D eigenvalue weighted by atomic mass is 79.9. The Labute approximate surface area is 121 Å². The van der Waals surface area contributed by atoms with E-state index in [1.807, 2.05) is 32.9 Å². The summed E-state index contributed by atoms with van der Waals surface area (Å²) >= 11 is 9.43. The molecule has 0 bridgehead atoms. The Morgan fingerprint density at radius 3 is 2.67 bits per heavy atom. The van der Waals surface area contributed by atoms with Gasteiger partial charge in [-0.2, -0.15) is 0 Å². The minimum Gasteiger partial charge on any atom is -0.373 e. The molecule has 0 aliphatic rings. The van der Waals surface area contributed by atoms with Crippen LogP contribution in [-0.4, -0.2) is 18.0 Å². The second-order valence-electron chi connectivity index (χ2n) is 4.31. The Hall–Kier alpha value is -0.740. The van der Waals surface area contributed by atoms with Gasteiger partial charge in [0.15, 0.2) is 0 Å². The summed E-state index contributed by atoms with van der Waals surface area (Å²) in [5.74, 6) is -0.0247. The van der Waals surface area contributed by atoms with Crippen LogP contribution in [0.4, 0.5) is 5.69 Å². The van der Waals surface area contributed by atoms with Crippen LogP contribution in [0.25, 0.3) is 0 Å². The largest absolute Gasteiger partial charge is 0.373 e. The van der Waals surface area contributed by atoms with Crippen LogP contribution < -0.4 is 10.6 Å². The number of carbonyl (C=O) groups excluding carboxylic acids is 1. The summed E-state index contributed by atoms with van der Waals surface area (Å²) < 4.78 is 0.912. The number of nitrogens with one attached hydrogen (secondary N) is 2. The summed E-state index contributed by atoms with van der Waals surface area (Å²) in [6.07, 6.45) is 0.914. The van der Waals surface area contributed by atoms with E-state index in [1.165, 1.54) is 0 Å². The van der Waals surface area contributed by atoms with Crippen molar-refractivity contribution in [3.05, 3.63) is 27.7 Å². The van der Waals surface area contributed by atoms with Crippen LogP contribution in [0, 0.1) is 0 Å². The zero-order chi connectivity index (χ0) is 13.7. The van der Waals surface area contributed by atoms with E-state index in [-0.39, 0.29) is 18.0 Å². The normalized spacial score (nSPS) is 13.8. The zero-order valence-electron chi connectivity index (χ0n) is 10.8. The third-order valence-corrected chi connectivity index (χ3v) is 3.50. The van der Waals surface area contributed by atoms with Gasteiger partial charge in [0.05, 0.1) is 10.7 Å². The maximum absolute atomic E-state index is 11.9. The molecule has 0 saturated heterocycles. The molecule has 0 heterocycles. The number of anilines is 1. The number of carbonyl (C=O) groups is 1. The fraction of sp³-hybridized carbons (Fsp3) is 0.462. The molecule has 2 N–H and O–H groups in total. The van der Waals surface area contributed by atoms with Gasteiger partial charge >= 0.3 is 0 Å². The Balaban J connectivity index is 2.63. The predicted molar refractivity (Wildman–Crippen MR) is 80.1 cm³/mol. The molecule has 0 aromatic heterocycles. The van der Waals surface area contributed by atoms with Crippen LogP contribution in [0.3, 0.4) is 0 Å². The SMILES string of the molecule is CCC(C)NC(=O)C(C)Nc1ccc(Br)cc1Cl. The highest BCUT2D eigenvalue weighted by Crippen LogP contribution is 2.26. The van der Waals surface area contributed by atoms with Crippen molar-refractivity contribution in [2.45, 2.75) is 39.3 Å². The van der Waals surface area contributed by atoms with Crippen LogP contribution in [0.1, 0.15) is 27.2 Å². The van der Waals surface area contributed by atoms with Crippen molar-refractivity contribution in [2.24, 2.45) is 0 Å². The van der Waals surface area contributed by atoms with Crippen LogP contribution in [0.2, 0.25) is 5.02 Å². The molecule has 0 radical (unpaired) electrons. The standard InChI is InChI=1S/C13H18BrClN2O/c1-4-8(2)16-13(18)9(3)17-12-6-5-10(14)7-11(12)15/h5-9,17H,4H2,1-3H3,(H,16,18). The van der Waals surface area contributed by atoms with Gasteiger partial charge in [-0.1, -0.05) is 34.5 Å². The van der Waals surface area contributed by atoms with E-state index in [9.17, 15) is 4.79 Å². The fourth-order valence-electron chi connectivity index (χ4n) is 1.38. The maximum atomic E-state index is 11.9. The molecule has 3 nitrogen and oxygen atoms in total. The van der Waals surface area contributed by atoms with Crippen LogP contribution >= 0.6 is 27.5 Å². The summed E-state index contributed by atoms with van der Waals surface area (Å²) in [5, 5.41) is 6.62. The van der Waals surface area contributed by atoms with Crippen molar-refractivity contribution in [1.29, 1.82) is 0 Å². The van der Waals surface area contributed by atoms with Gasteiger partial charge in [-0.15, -0.1) is 0 Å². The summed E-state index contributed by atoms with van der Waals surface area (Å²) in [4.78, 5) is 11.9. The molecule has 1 rings (SSSR count). The van der Waals surface area contributed by atoms with Crippen molar-refractivity contribution in [3.8, 4) is 0 Å². The van der Waals surface area contributed by atoms with E-state index in [1.54, 1.807) is 6.07 Å². The summed E-state index contributed by atoms with van der Waals surface area (Å²) in [6, 6.07) is 5.38. The molecule has 0 aliphatic heterocycles. The summed E-state index contributed by atoms with van der Waals surface area (Å²) in [5.41, 5.74) is 0.756. The van der Waals surface area contributed by atoms with Crippen molar-refractivity contribution in [1.82, 2.24) is 5.32 Å². The molecule has 100 valence electrons. The van der Waals surface area contributed by atoms with Crippen molar-refractivity contribution in [3.63, 3.8) is 0 Å². The molecule has 1 amide bonds. The molecule has 2 atom stereocenters. The van der Waals surface area contributed by atoms with Crippen molar-refractivity contribution >= 4 is 39.1 Å². The Morgan fingerprint density at radius 1 is 1.44 bits per heavy atom. The van der Waals surface area contributed by atoms with Crippen molar-refractivity contribution < 1.29 is 4.79 Å². The maximum Gasteiger partial charge on any atom is 0.242 e. The molecule has 18 heavy (non-hydrogen) atoms. The molecule has 1 aromatic carbocycles. The number of hydrogen-bond donors (Lipinski definition) is 2. The third kappa shape index (κ3) is 4.50. The quantitative estimate of drug-likeness (QED) is 0.860. The molecule has 0 saturated carbocycles. The van der Waals surface area contributed by atoms with Crippen LogP contribution in [0.5, 0.6) is 0 Å². The van der Waals surface area contributed by atoms with Gasteiger partial charge < -0.3 is 10.6 Å². The number of halogens is 2. The molecular weight excluding hydrogens is 316 g/mol. The molecule has 0 spiro atoms. The first-order valence-electron chi connectivity index (χ1n) is 5.96. The first-order chi connectivity index (χ1) is 8.43. The molecule has 0 fully saturated rings. The first kappa shape index (κ1) is 15.3. The topological polar surface area (TPSA) is 41.1 Å². The number of hydrogen-bond acceptors (Lipinski definition) is 2. The van der Waals surface area contributed by atoms with Gasteiger partial charge in [-0.05, 0) is 38.5 Å². The lowest BCUT2D eigenvalue weighted by molar-refractivity contribution is -0.122. The highest BCUT2D eigenvalue weighted by molar-refractivity contribution is 9.10. The van der Waals surface area contributed by atoms with E-state index in [4.69, 9.17) is 11.6 Å². The number of rotatable bonds is 5. The van der Waals surface area contributed by atoms with Gasteiger partial charge in [0.25, 0.3) is 0 Å². The van der Waals surface area contributed by atoms with Crippen molar-refractivity contribution in [2.75, 3.05) is 5.32 Å². The zero-order valence-corrected chi connectivity index (χ0v) is 13.1. The summed E-state index contributed by atoms with van der Waals surface area (Å²) in [6.45, 7) is 5.84. The van der Waals surface area contributed by atoms with E-state index >= 15 is 0 Å². The van der Waals surface area contributed by atoms with Gasteiger partial charge in [0, 0.05) is 10.5 Å². The Morgan fingerprint density at radius 2 is 2.11 bits per heavy atom. The second kappa shape index (κ2) is 7.00. The predicted octanol–water partition coefficient (Wildman–Crippen LogP) is 3.82. The molecule has 2 unspecified atom stereocenters. The van der Waals surface area contributed by atoms with Gasteiger partial charge in [-0.25, -0.2) is 0 Å². The smallest absolute Gasteiger partial charge is 0.242 e. The Bertz CT molecular complexity index is 425. The first-order valence-corrected chi connectivity index (χ1v) is 7.13. The van der Waals surface area contributed by atoms with Gasteiger partial charge in [-0.3, -0.25) is 4.79 Å². The lowest BCUT2D eigenvalue weighted by Gasteiger charge is -2.19. The third-order valence-electron chi connectivity index (χ3n) is 2.70. The highest BCUT2D eigenvalue weighted by Gasteiger charge is 2.15. The van der Waals surface area contributed by atoms with E-state index in [0.717, 1.165) is 16.6 Å². The fourth-order valence-corrected chi connectivity index (χ4v) is 2.10. The van der Waals surface area contributed by atoms with Crippen LogP contribution in [-0.2, 0) is 4.79 Å². The molecule has 5 heteroatoms. The van der Waals surface area contributed by atoms with Crippen LogP contribution in [0.15, 0.2) is 22.7 Å². The minimum atomic E-state index is -0.322. The molecule has 0 aliphatic carbocycles. The van der Waals surface area contributed by atoms with E-state index < -0.39 is 0 Å². The second-order valence-corrected chi connectivity index (χ2v) is 5.63. The lowest BCUT2D eigenvalue weighted by Crippen LogP contribution is -2.41. The number of amides is 1. The van der Waals surface area contributed by atoms with Gasteiger partial charge in [0.2, 0.25) is 5.91 Å². The number of benzene rings is 1. The lowest BCUT2D eigenvalue weighted by atomic mass is 10.2. The van der Waals surface area contributed by atoms with E-state index in [0.29, 0.717) is 5.02 Å². The minimum absolute atomic E-state index is 0.0247. The average Bonchev–Trinajstić information content (AvgIpc) is 2.32.